The van der Waals surface area contributed by atoms with Crippen molar-refractivity contribution < 1.29 is 9.84 Å². The van der Waals surface area contributed by atoms with Gasteiger partial charge in [0.1, 0.15) is 0 Å². The topological polar surface area (TPSA) is 41.5 Å². The molecule has 3 heteroatoms. The molecule has 118 valence electrons. The second kappa shape index (κ2) is 5.71. The molecule has 0 spiro atoms. The van der Waals surface area contributed by atoms with Crippen molar-refractivity contribution in [1.29, 1.82) is 0 Å². The van der Waals surface area contributed by atoms with Gasteiger partial charge in [0.15, 0.2) is 0 Å². The summed E-state index contributed by atoms with van der Waals surface area (Å²) in [4.78, 5) is 0. The summed E-state index contributed by atoms with van der Waals surface area (Å²) in [5.41, 5.74) is 2.59. The lowest BCUT2D eigenvalue weighted by Gasteiger charge is -2.42. The molecular formula is C18H29NO2. The highest BCUT2D eigenvalue weighted by molar-refractivity contribution is 5.31. The maximum absolute atomic E-state index is 9.51. The largest absolute Gasteiger partial charge is 0.396 e. The lowest BCUT2D eigenvalue weighted by atomic mass is 9.83. The van der Waals surface area contributed by atoms with E-state index in [1.165, 1.54) is 11.1 Å². The van der Waals surface area contributed by atoms with Crippen LogP contribution in [-0.4, -0.2) is 31.5 Å². The van der Waals surface area contributed by atoms with Gasteiger partial charge in [-0.1, -0.05) is 45.0 Å². The quantitative estimate of drug-likeness (QED) is 0.876. The summed E-state index contributed by atoms with van der Waals surface area (Å²) in [6, 6.07) is 8.84. The third-order valence-electron chi connectivity index (χ3n) is 4.53. The molecule has 0 unspecified atom stereocenters. The zero-order valence-electron chi connectivity index (χ0n) is 14.0. The molecule has 0 bridgehead atoms. The fourth-order valence-corrected chi connectivity index (χ4v) is 2.54. The molecule has 1 aromatic rings. The Bertz CT molecular complexity index is 461. The predicted octanol–water partition coefficient (Wildman–Crippen LogP) is 2.82. The Balaban J connectivity index is 2.05. The van der Waals surface area contributed by atoms with E-state index in [1.54, 1.807) is 0 Å². The van der Waals surface area contributed by atoms with Crippen LogP contribution in [0.4, 0.5) is 0 Å². The van der Waals surface area contributed by atoms with Gasteiger partial charge in [0.25, 0.3) is 0 Å². The molecule has 0 saturated carbocycles. The molecule has 0 amide bonds. The van der Waals surface area contributed by atoms with Crippen LogP contribution in [0.15, 0.2) is 24.3 Å². The van der Waals surface area contributed by atoms with Gasteiger partial charge in [0.2, 0.25) is 0 Å². The van der Waals surface area contributed by atoms with Crippen LogP contribution in [0.2, 0.25) is 0 Å². The molecule has 0 atom stereocenters. The molecule has 3 nitrogen and oxygen atoms in total. The first-order chi connectivity index (χ1) is 9.69. The minimum absolute atomic E-state index is 0.0946. The van der Waals surface area contributed by atoms with E-state index in [9.17, 15) is 5.11 Å². The third kappa shape index (κ3) is 3.65. The molecule has 21 heavy (non-hydrogen) atoms. The van der Waals surface area contributed by atoms with E-state index in [0.29, 0.717) is 13.2 Å². The number of rotatable bonds is 5. The first kappa shape index (κ1) is 16.5. The summed E-state index contributed by atoms with van der Waals surface area (Å²) in [5.74, 6) is 0. The van der Waals surface area contributed by atoms with Crippen molar-refractivity contribution in [3.8, 4) is 0 Å². The molecule has 0 aliphatic carbocycles. The number of aliphatic hydroxyl groups excluding tert-OH is 1. The number of hydrogen-bond donors (Lipinski definition) is 2. The number of ether oxygens (including phenoxy) is 1. The average molecular weight is 291 g/mol. The molecular weight excluding hydrogens is 262 g/mol. The summed E-state index contributed by atoms with van der Waals surface area (Å²) in [5, 5.41) is 13.1. The van der Waals surface area contributed by atoms with E-state index < -0.39 is 0 Å². The van der Waals surface area contributed by atoms with E-state index in [0.717, 1.165) is 6.54 Å². The first-order valence-electron chi connectivity index (χ1n) is 7.73. The van der Waals surface area contributed by atoms with Gasteiger partial charge in [0, 0.05) is 12.1 Å². The van der Waals surface area contributed by atoms with E-state index in [4.69, 9.17) is 4.74 Å². The molecule has 1 aromatic carbocycles. The van der Waals surface area contributed by atoms with Crippen LogP contribution in [0.3, 0.4) is 0 Å². The molecule has 2 N–H and O–H groups in total. The maximum Gasteiger partial charge on any atom is 0.0579 e. The normalized spacial score (nSPS) is 18.4. The van der Waals surface area contributed by atoms with Gasteiger partial charge >= 0.3 is 0 Å². The van der Waals surface area contributed by atoms with Crippen LogP contribution < -0.4 is 5.32 Å². The van der Waals surface area contributed by atoms with Gasteiger partial charge in [-0.15, -0.1) is 0 Å². The van der Waals surface area contributed by atoms with Crippen LogP contribution in [-0.2, 0) is 15.7 Å². The van der Waals surface area contributed by atoms with Crippen LogP contribution in [0, 0.1) is 5.41 Å². The van der Waals surface area contributed by atoms with Crippen molar-refractivity contribution >= 4 is 0 Å². The van der Waals surface area contributed by atoms with Crippen LogP contribution in [0.1, 0.15) is 45.7 Å². The highest BCUT2D eigenvalue weighted by Crippen LogP contribution is 2.29. The summed E-state index contributed by atoms with van der Waals surface area (Å²) in [7, 11) is 0. The van der Waals surface area contributed by atoms with Crippen molar-refractivity contribution in [2.45, 2.75) is 45.6 Å². The van der Waals surface area contributed by atoms with Crippen molar-refractivity contribution in [2.75, 3.05) is 26.4 Å². The Kier molecular flexibility index (Phi) is 4.48. The Labute approximate surface area is 128 Å². The number of aliphatic hydroxyl groups is 1. The third-order valence-corrected chi connectivity index (χ3v) is 4.53. The Morgan fingerprint density at radius 1 is 1.05 bits per heavy atom. The second-order valence-corrected chi connectivity index (χ2v) is 7.96. The number of benzene rings is 1. The molecule has 1 saturated heterocycles. The van der Waals surface area contributed by atoms with Gasteiger partial charge in [0.05, 0.1) is 25.2 Å². The zero-order chi connectivity index (χ0) is 15.7. The molecule has 0 aromatic heterocycles. The Morgan fingerprint density at radius 2 is 1.57 bits per heavy atom. The van der Waals surface area contributed by atoms with Crippen molar-refractivity contribution in [3.63, 3.8) is 0 Å². The van der Waals surface area contributed by atoms with Crippen molar-refractivity contribution in [1.82, 2.24) is 5.32 Å². The lowest BCUT2D eigenvalue weighted by molar-refractivity contribution is -0.136. The summed E-state index contributed by atoms with van der Waals surface area (Å²) in [6.07, 6.45) is 0. The monoisotopic (exact) mass is 291 g/mol. The SMILES string of the molecule is CC(C)(C)c1ccc(C(C)(C)NCC2(CO)COC2)cc1. The second-order valence-electron chi connectivity index (χ2n) is 7.96. The van der Waals surface area contributed by atoms with Crippen molar-refractivity contribution in [2.24, 2.45) is 5.41 Å². The summed E-state index contributed by atoms with van der Waals surface area (Å²) >= 11 is 0. The molecule has 1 heterocycles. The number of nitrogens with one attached hydrogen (secondary N) is 1. The van der Waals surface area contributed by atoms with Crippen molar-refractivity contribution in [3.05, 3.63) is 35.4 Å². The van der Waals surface area contributed by atoms with E-state index >= 15 is 0 Å². The molecule has 1 aliphatic heterocycles. The highest BCUT2D eigenvalue weighted by atomic mass is 16.5. The molecule has 2 rings (SSSR count). The first-order valence-corrected chi connectivity index (χ1v) is 7.73. The zero-order valence-corrected chi connectivity index (χ0v) is 14.0. The van der Waals surface area contributed by atoms with Crippen LogP contribution >= 0.6 is 0 Å². The van der Waals surface area contributed by atoms with Crippen LogP contribution in [0.25, 0.3) is 0 Å². The number of hydrogen-bond acceptors (Lipinski definition) is 3. The summed E-state index contributed by atoms with van der Waals surface area (Å²) < 4.78 is 5.25. The van der Waals surface area contributed by atoms with E-state index in [2.05, 4.69) is 64.2 Å². The van der Waals surface area contributed by atoms with Gasteiger partial charge in [-0.2, -0.15) is 0 Å². The standard InChI is InChI=1S/C18H29NO2/c1-16(2,3)14-6-8-15(9-7-14)17(4,5)19-10-18(11-20)12-21-13-18/h6-9,19-20H,10-13H2,1-5H3. The molecule has 0 radical (unpaired) electrons. The van der Waals surface area contributed by atoms with Crippen LogP contribution in [0.5, 0.6) is 0 Å². The van der Waals surface area contributed by atoms with Gasteiger partial charge in [-0.3, -0.25) is 0 Å². The van der Waals surface area contributed by atoms with Gasteiger partial charge in [-0.05, 0) is 30.4 Å². The fraction of sp³-hybridized carbons (Fsp3) is 0.667. The van der Waals surface area contributed by atoms with E-state index in [-0.39, 0.29) is 23.0 Å². The average Bonchev–Trinajstić information content (AvgIpc) is 2.37. The molecule has 1 fully saturated rings. The Hall–Kier alpha value is -0.900. The Morgan fingerprint density at radius 3 is 1.95 bits per heavy atom. The molecule has 1 aliphatic rings. The predicted molar refractivity (Wildman–Crippen MR) is 86.5 cm³/mol. The minimum atomic E-state index is -0.117. The smallest absolute Gasteiger partial charge is 0.0579 e. The van der Waals surface area contributed by atoms with Gasteiger partial charge < -0.3 is 15.2 Å². The minimum Gasteiger partial charge on any atom is -0.396 e. The van der Waals surface area contributed by atoms with Gasteiger partial charge in [-0.25, -0.2) is 0 Å². The maximum atomic E-state index is 9.51. The van der Waals surface area contributed by atoms with E-state index in [1.807, 2.05) is 0 Å². The summed E-state index contributed by atoms with van der Waals surface area (Å²) in [6.45, 7) is 13.3. The lowest BCUT2D eigenvalue weighted by Crippen LogP contribution is -2.55. The fourth-order valence-electron chi connectivity index (χ4n) is 2.54. The highest BCUT2D eigenvalue weighted by Gasteiger charge is 2.39.